The number of nitrogens with zero attached hydrogens (tertiary/aromatic N) is 1. The lowest BCUT2D eigenvalue weighted by Gasteiger charge is -2.32. The first kappa shape index (κ1) is 14.2. The first-order valence-electron chi connectivity index (χ1n) is 6.60. The maximum Gasteiger partial charge on any atom is 0.339 e. The fourth-order valence-corrected chi connectivity index (χ4v) is 2.36. The quantitative estimate of drug-likeness (QED) is 0.818. The Morgan fingerprint density at radius 2 is 1.95 bits per heavy atom. The van der Waals surface area contributed by atoms with Crippen LogP contribution in [0.4, 0.5) is 10.5 Å². The van der Waals surface area contributed by atoms with E-state index in [0.717, 1.165) is 18.5 Å². The van der Waals surface area contributed by atoms with Crippen molar-refractivity contribution in [2.24, 2.45) is 5.73 Å². The molecule has 0 spiro atoms. The Labute approximate surface area is 117 Å². The van der Waals surface area contributed by atoms with Crippen LogP contribution in [0.5, 0.6) is 0 Å². The predicted octanol–water partition coefficient (Wildman–Crippen LogP) is 1.43. The van der Waals surface area contributed by atoms with Gasteiger partial charge in [-0.2, -0.15) is 0 Å². The van der Waals surface area contributed by atoms with E-state index in [1.807, 2.05) is 12.1 Å². The summed E-state index contributed by atoms with van der Waals surface area (Å²) in [6.07, 6.45) is 1.61. The molecule has 2 amide bonds. The first-order chi connectivity index (χ1) is 9.61. The lowest BCUT2D eigenvalue weighted by Crippen LogP contribution is -2.44. The van der Waals surface area contributed by atoms with E-state index in [9.17, 15) is 9.59 Å². The number of para-hydroxylation sites is 1. The molecule has 0 aliphatic carbocycles. The Morgan fingerprint density at radius 1 is 1.30 bits per heavy atom. The number of methoxy groups -OCH3 is 1. The first-order valence-corrected chi connectivity index (χ1v) is 6.60. The minimum atomic E-state index is -0.376. The summed E-state index contributed by atoms with van der Waals surface area (Å²) in [4.78, 5) is 24.4. The molecule has 0 unspecified atom stereocenters. The number of amides is 2. The number of esters is 1. The molecular formula is C14H19N3O3. The molecule has 108 valence electrons. The van der Waals surface area contributed by atoms with Gasteiger partial charge < -0.3 is 20.7 Å². The van der Waals surface area contributed by atoms with Crippen molar-refractivity contribution in [2.75, 3.05) is 25.5 Å². The molecule has 1 aromatic carbocycles. The summed E-state index contributed by atoms with van der Waals surface area (Å²) in [5, 5.41) is 3.34. The SMILES string of the molecule is COC(=O)c1ccccc1NC1CCN(C(N)=O)CC1. The maximum absolute atomic E-state index is 11.7. The number of carbonyl (C=O) groups excluding carboxylic acids is 2. The van der Waals surface area contributed by atoms with Gasteiger partial charge in [0, 0.05) is 24.8 Å². The monoisotopic (exact) mass is 277 g/mol. The van der Waals surface area contributed by atoms with E-state index in [0.29, 0.717) is 18.7 Å². The normalized spacial score (nSPS) is 15.8. The van der Waals surface area contributed by atoms with Crippen LogP contribution < -0.4 is 11.1 Å². The van der Waals surface area contributed by atoms with Crippen molar-refractivity contribution in [2.45, 2.75) is 18.9 Å². The fourth-order valence-electron chi connectivity index (χ4n) is 2.36. The molecule has 0 saturated carbocycles. The second kappa shape index (κ2) is 6.27. The Morgan fingerprint density at radius 3 is 2.55 bits per heavy atom. The summed E-state index contributed by atoms with van der Waals surface area (Å²) in [6, 6.07) is 7.09. The minimum absolute atomic E-state index is 0.219. The minimum Gasteiger partial charge on any atom is -0.465 e. The van der Waals surface area contributed by atoms with E-state index in [2.05, 4.69) is 5.32 Å². The molecule has 0 bridgehead atoms. The number of nitrogens with one attached hydrogen (secondary N) is 1. The smallest absolute Gasteiger partial charge is 0.339 e. The number of likely N-dealkylation sites (tertiary alicyclic amines) is 1. The number of carbonyl (C=O) groups is 2. The molecule has 2 rings (SSSR count). The molecule has 1 aromatic rings. The predicted molar refractivity (Wildman–Crippen MR) is 75.6 cm³/mol. The lowest BCUT2D eigenvalue weighted by atomic mass is 10.0. The molecule has 1 fully saturated rings. The van der Waals surface area contributed by atoms with Crippen LogP contribution in [0, 0.1) is 0 Å². The Kier molecular flexibility index (Phi) is 4.45. The number of urea groups is 1. The van der Waals surface area contributed by atoms with E-state index in [1.54, 1.807) is 17.0 Å². The number of nitrogens with two attached hydrogens (primary N) is 1. The van der Waals surface area contributed by atoms with Gasteiger partial charge in [-0.15, -0.1) is 0 Å². The van der Waals surface area contributed by atoms with Crippen LogP contribution in [0.15, 0.2) is 24.3 Å². The van der Waals surface area contributed by atoms with Crippen LogP contribution in [0.2, 0.25) is 0 Å². The molecule has 6 heteroatoms. The highest BCUT2D eigenvalue weighted by Crippen LogP contribution is 2.20. The van der Waals surface area contributed by atoms with Gasteiger partial charge in [0.15, 0.2) is 0 Å². The summed E-state index contributed by atoms with van der Waals surface area (Å²) in [5.74, 6) is -0.359. The zero-order valence-electron chi connectivity index (χ0n) is 11.5. The molecule has 3 N–H and O–H groups in total. The highest BCUT2D eigenvalue weighted by molar-refractivity contribution is 5.95. The Balaban J connectivity index is 2.01. The van der Waals surface area contributed by atoms with E-state index in [4.69, 9.17) is 10.5 Å². The van der Waals surface area contributed by atoms with Crippen molar-refractivity contribution >= 4 is 17.7 Å². The Bertz CT molecular complexity index is 496. The lowest BCUT2D eigenvalue weighted by molar-refractivity contribution is 0.0601. The number of piperidine rings is 1. The van der Waals surface area contributed by atoms with Crippen molar-refractivity contribution in [3.63, 3.8) is 0 Å². The van der Waals surface area contributed by atoms with Crippen LogP contribution in [0.25, 0.3) is 0 Å². The summed E-state index contributed by atoms with van der Waals surface area (Å²) in [7, 11) is 1.37. The van der Waals surface area contributed by atoms with Crippen molar-refractivity contribution in [3.05, 3.63) is 29.8 Å². The van der Waals surface area contributed by atoms with E-state index in [1.165, 1.54) is 7.11 Å². The third-order valence-electron chi connectivity index (χ3n) is 3.50. The number of ether oxygens (including phenoxy) is 1. The largest absolute Gasteiger partial charge is 0.465 e. The van der Waals surface area contributed by atoms with Crippen molar-refractivity contribution in [1.29, 1.82) is 0 Å². The number of rotatable bonds is 3. The molecule has 6 nitrogen and oxygen atoms in total. The van der Waals surface area contributed by atoms with Gasteiger partial charge in [0.05, 0.1) is 12.7 Å². The number of benzene rings is 1. The molecule has 1 aliphatic heterocycles. The molecule has 0 atom stereocenters. The highest BCUT2D eigenvalue weighted by atomic mass is 16.5. The number of anilines is 1. The fraction of sp³-hybridized carbons (Fsp3) is 0.429. The van der Waals surface area contributed by atoms with Gasteiger partial charge in [0.25, 0.3) is 0 Å². The van der Waals surface area contributed by atoms with Gasteiger partial charge in [-0.25, -0.2) is 9.59 Å². The average molecular weight is 277 g/mol. The topological polar surface area (TPSA) is 84.7 Å². The van der Waals surface area contributed by atoms with Crippen molar-refractivity contribution < 1.29 is 14.3 Å². The zero-order valence-corrected chi connectivity index (χ0v) is 11.5. The highest BCUT2D eigenvalue weighted by Gasteiger charge is 2.22. The maximum atomic E-state index is 11.7. The summed E-state index contributed by atoms with van der Waals surface area (Å²) in [5.41, 5.74) is 6.53. The van der Waals surface area contributed by atoms with Crippen LogP contribution in [-0.2, 0) is 4.74 Å². The molecule has 1 saturated heterocycles. The van der Waals surface area contributed by atoms with Crippen molar-refractivity contribution in [3.8, 4) is 0 Å². The van der Waals surface area contributed by atoms with Crippen LogP contribution in [0.3, 0.4) is 0 Å². The van der Waals surface area contributed by atoms with E-state index < -0.39 is 0 Å². The van der Waals surface area contributed by atoms with Crippen molar-refractivity contribution in [1.82, 2.24) is 4.90 Å². The third-order valence-corrected chi connectivity index (χ3v) is 3.50. The zero-order chi connectivity index (χ0) is 14.5. The average Bonchev–Trinajstić information content (AvgIpc) is 2.47. The van der Waals surface area contributed by atoms with Crippen LogP contribution in [0.1, 0.15) is 23.2 Å². The molecule has 1 aliphatic rings. The van der Waals surface area contributed by atoms with Gasteiger partial charge in [-0.3, -0.25) is 0 Å². The molecule has 20 heavy (non-hydrogen) atoms. The van der Waals surface area contributed by atoms with E-state index in [-0.39, 0.29) is 18.0 Å². The molecule has 0 aromatic heterocycles. The summed E-state index contributed by atoms with van der Waals surface area (Å²) < 4.78 is 4.77. The number of hydrogen-bond acceptors (Lipinski definition) is 4. The number of hydrogen-bond donors (Lipinski definition) is 2. The Hall–Kier alpha value is -2.24. The standard InChI is InChI=1S/C14H19N3O3/c1-20-13(18)11-4-2-3-5-12(11)16-10-6-8-17(9-7-10)14(15)19/h2-5,10,16H,6-9H2,1H3,(H2,15,19). The van der Waals surface area contributed by atoms with Gasteiger partial charge in [-0.1, -0.05) is 12.1 Å². The van der Waals surface area contributed by atoms with Crippen LogP contribution in [-0.4, -0.2) is 43.1 Å². The second-order valence-electron chi connectivity index (χ2n) is 4.78. The molecule has 0 radical (unpaired) electrons. The summed E-state index contributed by atoms with van der Waals surface area (Å²) >= 11 is 0. The van der Waals surface area contributed by atoms with Gasteiger partial charge in [0.1, 0.15) is 0 Å². The molecule has 1 heterocycles. The number of primary amides is 1. The van der Waals surface area contributed by atoms with Crippen LogP contribution >= 0.6 is 0 Å². The summed E-state index contributed by atoms with van der Waals surface area (Å²) in [6.45, 7) is 1.26. The van der Waals surface area contributed by atoms with Gasteiger partial charge in [0.2, 0.25) is 0 Å². The van der Waals surface area contributed by atoms with Gasteiger partial charge >= 0.3 is 12.0 Å². The van der Waals surface area contributed by atoms with Gasteiger partial charge in [-0.05, 0) is 25.0 Å². The second-order valence-corrected chi connectivity index (χ2v) is 4.78. The van der Waals surface area contributed by atoms with E-state index >= 15 is 0 Å². The molecular weight excluding hydrogens is 258 g/mol. The third kappa shape index (κ3) is 3.20.